The maximum absolute atomic E-state index is 8.69. The summed E-state index contributed by atoms with van der Waals surface area (Å²) >= 11 is 0. The number of hydrogen-bond acceptors (Lipinski definition) is 3. The lowest BCUT2D eigenvalue weighted by molar-refractivity contribution is 0.134. The number of hydrogen-bond donors (Lipinski definition) is 2. The van der Waals surface area contributed by atoms with Gasteiger partial charge in [-0.05, 0) is 6.92 Å². The van der Waals surface area contributed by atoms with Crippen LogP contribution in [0, 0.1) is 0 Å². The van der Waals surface area contributed by atoms with Gasteiger partial charge in [0.2, 0.25) is 0 Å². The first-order valence-electron chi connectivity index (χ1n) is 2.43. The van der Waals surface area contributed by atoms with E-state index in [9.17, 15) is 0 Å². The molecule has 0 amide bonds. The molecule has 0 aromatic heterocycles. The van der Waals surface area contributed by atoms with Crippen molar-refractivity contribution < 1.29 is 9.76 Å². The molecule has 3 N–H and O–H groups in total. The van der Waals surface area contributed by atoms with Crippen LogP contribution in [-0.2, 0) is 4.65 Å². The molecule has 4 heteroatoms. The average Bonchev–Trinajstić information content (AvgIpc) is 1.67. The fourth-order valence-corrected chi connectivity index (χ4v) is 0.250. The third-order valence-corrected chi connectivity index (χ3v) is 0.908. The molecule has 0 bridgehead atoms. The Labute approximate surface area is 50.3 Å². The molecule has 0 aromatic carbocycles. The van der Waals surface area contributed by atoms with Gasteiger partial charge < -0.3 is 15.5 Å². The fourth-order valence-electron chi connectivity index (χ4n) is 0.250. The molecule has 2 radical (unpaired) electrons. The first-order chi connectivity index (χ1) is 3.68. The van der Waals surface area contributed by atoms with Crippen LogP contribution >= 0.6 is 0 Å². The molecule has 0 aliphatic heterocycles. The van der Waals surface area contributed by atoms with E-state index in [4.69, 9.17) is 10.8 Å². The van der Waals surface area contributed by atoms with Crippen LogP contribution in [0.3, 0.4) is 0 Å². The van der Waals surface area contributed by atoms with Gasteiger partial charge in [-0.1, -0.05) is 0 Å². The van der Waals surface area contributed by atoms with Gasteiger partial charge in [0.15, 0.2) is 0 Å². The molecule has 0 aliphatic carbocycles. The molecular weight excluding hydrogens is 105 g/mol. The second kappa shape index (κ2) is 3.89. The fraction of sp³-hybridized carbons (Fsp3) is 1.00. The summed E-state index contributed by atoms with van der Waals surface area (Å²) in [5.41, 5.74) is 5.27. The Kier molecular flexibility index (Phi) is 3.86. The van der Waals surface area contributed by atoms with E-state index in [1.54, 1.807) is 6.92 Å². The van der Waals surface area contributed by atoms with E-state index >= 15 is 0 Å². The maximum Gasteiger partial charge on any atom is 0.282 e. The minimum Gasteiger partial charge on any atom is -0.446 e. The van der Waals surface area contributed by atoms with E-state index in [2.05, 4.69) is 12.7 Å². The Morgan fingerprint density at radius 3 is 2.50 bits per heavy atom. The van der Waals surface area contributed by atoms with E-state index in [0.29, 0.717) is 0 Å². The zero-order valence-electron chi connectivity index (χ0n) is 4.87. The minimum absolute atomic E-state index is 0.192. The Hall–Kier alpha value is -0.0551. The third kappa shape index (κ3) is 3.01. The summed E-state index contributed by atoms with van der Waals surface area (Å²) < 4.78 is 4.18. The van der Waals surface area contributed by atoms with Crippen LogP contribution in [0.15, 0.2) is 0 Å². The number of aliphatic hydroxyl groups is 1. The van der Waals surface area contributed by atoms with Crippen LogP contribution in [0.2, 0.25) is 0 Å². The van der Waals surface area contributed by atoms with Gasteiger partial charge in [0.1, 0.15) is 0 Å². The van der Waals surface area contributed by atoms with Gasteiger partial charge in [-0.25, -0.2) is 0 Å². The molecule has 0 spiro atoms. The molecular formula is C4H10BNO2. The normalized spacial score (nSPS) is 17.9. The molecule has 3 nitrogen and oxygen atoms in total. The topological polar surface area (TPSA) is 55.5 Å². The molecule has 0 aliphatic rings. The van der Waals surface area contributed by atoms with E-state index < -0.39 is 6.10 Å². The third-order valence-electron chi connectivity index (χ3n) is 0.908. The van der Waals surface area contributed by atoms with Crippen molar-refractivity contribution in [3.8, 4) is 0 Å². The summed E-state index contributed by atoms with van der Waals surface area (Å²) in [6, 6.07) is -0.375. The summed E-state index contributed by atoms with van der Waals surface area (Å²) in [7, 11) is 4.68. The molecule has 46 valence electrons. The first kappa shape index (κ1) is 7.94. The summed E-state index contributed by atoms with van der Waals surface area (Å²) in [5, 5.41) is 8.69. The SMILES string of the molecule is [B]OCC(N)C(C)O. The van der Waals surface area contributed by atoms with Gasteiger partial charge in [-0.15, -0.1) is 0 Å². The van der Waals surface area contributed by atoms with Crippen LogP contribution in [0.5, 0.6) is 0 Å². The average molecular weight is 115 g/mol. The van der Waals surface area contributed by atoms with Gasteiger partial charge in [0.25, 0.3) is 8.05 Å². The number of rotatable bonds is 3. The van der Waals surface area contributed by atoms with Crippen molar-refractivity contribution in [3.05, 3.63) is 0 Å². The van der Waals surface area contributed by atoms with Gasteiger partial charge in [-0.3, -0.25) is 0 Å². The van der Waals surface area contributed by atoms with Crippen molar-refractivity contribution in [3.63, 3.8) is 0 Å². The van der Waals surface area contributed by atoms with Gasteiger partial charge in [-0.2, -0.15) is 0 Å². The lowest BCUT2D eigenvalue weighted by Crippen LogP contribution is -2.36. The summed E-state index contributed by atoms with van der Waals surface area (Å²) in [5.74, 6) is 0. The van der Waals surface area contributed by atoms with E-state index in [1.165, 1.54) is 0 Å². The van der Waals surface area contributed by atoms with E-state index in [-0.39, 0.29) is 12.6 Å². The summed E-state index contributed by atoms with van der Waals surface area (Å²) in [6.45, 7) is 1.78. The second-order valence-corrected chi connectivity index (χ2v) is 1.74. The largest absolute Gasteiger partial charge is 0.446 e. The molecule has 2 unspecified atom stereocenters. The van der Waals surface area contributed by atoms with E-state index in [0.717, 1.165) is 0 Å². The van der Waals surface area contributed by atoms with Gasteiger partial charge >= 0.3 is 0 Å². The van der Waals surface area contributed by atoms with E-state index in [1.807, 2.05) is 0 Å². The molecule has 0 saturated carbocycles. The summed E-state index contributed by atoms with van der Waals surface area (Å²) in [4.78, 5) is 0. The second-order valence-electron chi connectivity index (χ2n) is 1.74. The van der Waals surface area contributed by atoms with Crippen molar-refractivity contribution in [1.82, 2.24) is 0 Å². The molecule has 0 heterocycles. The smallest absolute Gasteiger partial charge is 0.282 e. The minimum atomic E-state index is -0.557. The molecule has 0 saturated heterocycles. The van der Waals surface area contributed by atoms with Gasteiger partial charge in [0.05, 0.1) is 12.1 Å². The quantitative estimate of drug-likeness (QED) is 0.454. The van der Waals surface area contributed by atoms with Crippen molar-refractivity contribution in [1.29, 1.82) is 0 Å². The Bertz CT molecular complexity index is 60.0. The van der Waals surface area contributed by atoms with Crippen LogP contribution in [0.1, 0.15) is 6.92 Å². The number of aliphatic hydroxyl groups excluding tert-OH is 1. The maximum atomic E-state index is 8.69. The van der Waals surface area contributed by atoms with Crippen LogP contribution in [0.25, 0.3) is 0 Å². The van der Waals surface area contributed by atoms with Crippen LogP contribution < -0.4 is 5.73 Å². The molecule has 0 aromatic rings. The van der Waals surface area contributed by atoms with Gasteiger partial charge in [0, 0.05) is 6.61 Å². The Morgan fingerprint density at radius 2 is 2.38 bits per heavy atom. The Morgan fingerprint density at radius 1 is 1.88 bits per heavy atom. The zero-order valence-corrected chi connectivity index (χ0v) is 4.87. The highest BCUT2D eigenvalue weighted by atomic mass is 16.4. The molecule has 0 rings (SSSR count). The predicted molar refractivity (Wildman–Crippen MR) is 31.4 cm³/mol. The highest BCUT2D eigenvalue weighted by molar-refractivity contribution is 5.97. The Balaban J connectivity index is 3.17. The first-order valence-corrected chi connectivity index (χ1v) is 2.43. The summed E-state index contributed by atoms with van der Waals surface area (Å²) in [6.07, 6.45) is -0.557. The van der Waals surface area contributed by atoms with Crippen LogP contribution in [-0.4, -0.2) is 31.9 Å². The predicted octanol–water partition coefficient (Wildman–Crippen LogP) is -1.21. The van der Waals surface area contributed by atoms with Crippen molar-refractivity contribution in [2.45, 2.75) is 19.1 Å². The lowest BCUT2D eigenvalue weighted by atomic mass is 10.2. The van der Waals surface area contributed by atoms with Crippen LogP contribution in [0.4, 0.5) is 0 Å². The number of nitrogens with two attached hydrogens (primary N) is 1. The highest BCUT2D eigenvalue weighted by Crippen LogP contribution is 1.86. The standard InChI is InChI=1S/C4H10BNO2/c1-3(7)4(6)2-8-5/h3-4,7H,2,6H2,1H3. The zero-order chi connectivity index (χ0) is 6.57. The van der Waals surface area contributed by atoms with Crippen molar-refractivity contribution in [2.24, 2.45) is 5.73 Å². The lowest BCUT2D eigenvalue weighted by Gasteiger charge is -2.12. The van der Waals surface area contributed by atoms with Crippen molar-refractivity contribution in [2.75, 3.05) is 6.61 Å². The van der Waals surface area contributed by atoms with Crippen molar-refractivity contribution >= 4 is 8.05 Å². The molecule has 8 heavy (non-hydrogen) atoms. The monoisotopic (exact) mass is 115 g/mol. The highest BCUT2D eigenvalue weighted by Gasteiger charge is 2.06. The molecule has 0 fully saturated rings. The molecule has 2 atom stereocenters.